The smallest absolute Gasteiger partial charge is 0.317 e. The van der Waals surface area contributed by atoms with Crippen molar-refractivity contribution in [3.05, 3.63) is 0 Å². The van der Waals surface area contributed by atoms with E-state index in [1.165, 1.54) is 128 Å². The fourth-order valence-corrected chi connectivity index (χ4v) is 5.44. The summed E-state index contributed by atoms with van der Waals surface area (Å²) in [5.41, 5.74) is 0. The van der Waals surface area contributed by atoms with Crippen LogP contribution in [0.5, 0.6) is 0 Å². The maximum Gasteiger partial charge on any atom is 0.317 e. The maximum absolute atomic E-state index is 10.8. The van der Waals surface area contributed by atoms with Crippen LogP contribution in [0.2, 0.25) is 0 Å². The molecule has 0 aliphatic carbocycles. The Hall–Kier alpha value is -2.12. The highest BCUT2D eigenvalue weighted by Gasteiger charge is 2.25. The Morgan fingerprint density at radius 1 is 0.318 bits per heavy atom. The number of hydrogen-bond donors (Lipinski definition) is 4. The third-order valence-corrected chi connectivity index (χ3v) is 8.39. The van der Waals surface area contributed by atoms with Crippen molar-refractivity contribution in [3.8, 4) is 0 Å². The molecule has 0 heterocycles. The van der Waals surface area contributed by atoms with Crippen molar-refractivity contribution in [3.63, 3.8) is 0 Å². The fraction of sp³-hybridized carbons (Fsp3) is 0.889. The molecule has 0 saturated carbocycles. The molecular formula is C36H68O8. The van der Waals surface area contributed by atoms with Crippen LogP contribution in [0, 0.1) is 11.8 Å². The molecule has 0 radical (unpaired) electrons. The molecule has 0 rings (SSSR count). The summed E-state index contributed by atoms with van der Waals surface area (Å²) in [5, 5.41) is 35.0. The molecule has 0 aliphatic rings. The second kappa shape index (κ2) is 33.8. The van der Waals surface area contributed by atoms with Crippen molar-refractivity contribution in [1.82, 2.24) is 0 Å². The molecule has 0 unspecified atom stereocenters. The predicted octanol–water partition coefficient (Wildman–Crippen LogP) is 10.5. The lowest BCUT2D eigenvalue weighted by Crippen LogP contribution is -2.23. The molecule has 0 atom stereocenters. The second-order valence-corrected chi connectivity index (χ2v) is 12.5. The molecule has 0 fully saturated rings. The van der Waals surface area contributed by atoms with Crippen molar-refractivity contribution in [1.29, 1.82) is 0 Å². The highest BCUT2D eigenvalue weighted by Crippen LogP contribution is 2.17. The average molecular weight is 629 g/mol. The fourth-order valence-electron chi connectivity index (χ4n) is 5.44. The van der Waals surface area contributed by atoms with Gasteiger partial charge in [0.05, 0.1) is 0 Å². The minimum atomic E-state index is -1.23. The van der Waals surface area contributed by atoms with Crippen LogP contribution < -0.4 is 0 Å². The van der Waals surface area contributed by atoms with Gasteiger partial charge in [-0.05, 0) is 12.8 Å². The Morgan fingerprint density at radius 3 is 0.636 bits per heavy atom. The quantitative estimate of drug-likeness (QED) is 0.0424. The van der Waals surface area contributed by atoms with Gasteiger partial charge in [-0.1, -0.05) is 181 Å². The van der Waals surface area contributed by atoms with Gasteiger partial charge in [-0.3, -0.25) is 19.2 Å². The first-order valence-electron chi connectivity index (χ1n) is 18.1. The molecule has 8 nitrogen and oxygen atoms in total. The minimum absolute atomic E-state index is 0.250. The van der Waals surface area contributed by atoms with Gasteiger partial charge in [0.2, 0.25) is 0 Å². The van der Waals surface area contributed by atoms with Gasteiger partial charge in [0.25, 0.3) is 0 Å². The lowest BCUT2D eigenvalue weighted by molar-refractivity contribution is -0.156. The number of unbranched alkanes of at least 4 members (excludes halogenated alkanes) is 24. The number of hydrogen-bond acceptors (Lipinski definition) is 4. The van der Waals surface area contributed by atoms with Gasteiger partial charge >= 0.3 is 23.9 Å². The SMILES string of the molecule is CCCCCCCCCCCC(C(=O)O)C(=O)O.CCCCCCCCCCCCCCCCCCCC(C(=O)O)C(=O)O. The average Bonchev–Trinajstić information content (AvgIpc) is 2.97. The van der Waals surface area contributed by atoms with Crippen molar-refractivity contribution in [2.45, 2.75) is 194 Å². The number of carboxylic acid groups (broad SMARTS) is 4. The zero-order valence-electron chi connectivity index (χ0n) is 28.4. The summed E-state index contributed by atoms with van der Waals surface area (Å²) < 4.78 is 0. The van der Waals surface area contributed by atoms with E-state index in [9.17, 15) is 19.2 Å². The Kier molecular flexibility index (Phi) is 33.8. The molecule has 0 aromatic rings. The Bertz CT molecular complexity index is 666. The zero-order chi connectivity index (χ0) is 33.3. The van der Waals surface area contributed by atoms with Gasteiger partial charge in [0.15, 0.2) is 11.8 Å². The van der Waals surface area contributed by atoms with E-state index in [4.69, 9.17) is 20.4 Å². The van der Waals surface area contributed by atoms with Gasteiger partial charge < -0.3 is 20.4 Å². The molecule has 4 N–H and O–H groups in total. The highest BCUT2D eigenvalue weighted by molar-refractivity contribution is 5.93. The van der Waals surface area contributed by atoms with Gasteiger partial charge in [-0.2, -0.15) is 0 Å². The molecule has 0 aromatic heterocycles. The zero-order valence-corrected chi connectivity index (χ0v) is 28.4. The first-order chi connectivity index (χ1) is 21.2. The Labute approximate surface area is 268 Å². The van der Waals surface area contributed by atoms with Crippen molar-refractivity contribution >= 4 is 23.9 Å². The molecule has 44 heavy (non-hydrogen) atoms. The van der Waals surface area contributed by atoms with Crippen molar-refractivity contribution in [2.24, 2.45) is 11.8 Å². The summed E-state index contributed by atoms with van der Waals surface area (Å²) in [5.74, 6) is -7.33. The topological polar surface area (TPSA) is 149 Å². The summed E-state index contributed by atoms with van der Waals surface area (Å²) in [4.78, 5) is 42.8. The van der Waals surface area contributed by atoms with Crippen LogP contribution >= 0.6 is 0 Å². The number of rotatable bonds is 32. The summed E-state index contributed by atoms with van der Waals surface area (Å²) >= 11 is 0. The third-order valence-electron chi connectivity index (χ3n) is 8.39. The standard InChI is InChI=1S/C22H42O4.C14H26O4/c1-2-3-4-5-6-7-8-9-10-11-12-13-14-15-16-17-18-19-20(21(23)24)22(25)26;1-2-3-4-5-6-7-8-9-10-11-12(13(15)16)14(17)18/h20H,2-19H2,1H3,(H,23,24)(H,25,26);12H,2-11H2,1H3,(H,15,16)(H,17,18). The van der Waals surface area contributed by atoms with E-state index in [0.29, 0.717) is 12.8 Å². The third kappa shape index (κ3) is 31.3. The number of carboxylic acids is 4. The molecule has 0 amide bonds. The molecule has 0 aliphatic heterocycles. The minimum Gasteiger partial charge on any atom is -0.481 e. The van der Waals surface area contributed by atoms with Crippen LogP contribution in [0.1, 0.15) is 194 Å². The van der Waals surface area contributed by atoms with Crippen LogP contribution in [-0.2, 0) is 19.2 Å². The molecule has 8 heteroatoms. The van der Waals surface area contributed by atoms with Crippen molar-refractivity contribution in [2.75, 3.05) is 0 Å². The monoisotopic (exact) mass is 628 g/mol. The van der Waals surface area contributed by atoms with Gasteiger partial charge in [-0.25, -0.2) is 0 Å². The summed E-state index contributed by atoms with van der Waals surface area (Å²) in [6.45, 7) is 4.46. The van der Waals surface area contributed by atoms with E-state index in [2.05, 4.69) is 13.8 Å². The van der Waals surface area contributed by atoms with Crippen LogP contribution in [0.15, 0.2) is 0 Å². The van der Waals surface area contributed by atoms with E-state index < -0.39 is 35.7 Å². The van der Waals surface area contributed by atoms with Crippen LogP contribution in [0.4, 0.5) is 0 Å². The predicted molar refractivity (Wildman–Crippen MR) is 178 cm³/mol. The first kappa shape index (κ1) is 44.0. The molecule has 0 spiro atoms. The largest absolute Gasteiger partial charge is 0.481 e. The lowest BCUT2D eigenvalue weighted by Gasteiger charge is -2.07. The van der Waals surface area contributed by atoms with Gasteiger partial charge in [0, 0.05) is 0 Å². The number of aliphatic carboxylic acids is 4. The van der Waals surface area contributed by atoms with Crippen molar-refractivity contribution < 1.29 is 39.6 Å². The Morgan fingerprint density at radius 2 is 0.477 bits per heavy atom. The van der Waals surface area contributed by atoms with E-state index >= 15 is 0 Å². The first-order valence-corrected chi connectivity index (χ1v) is 18.1. The lowest BCUT2D eigenvalue weighted by atomic mass is 10.00. The van der Waals surface area contributed by atoms with Crippen LogP contribution in [0.25, 0.3) is 0 Å². The summed E-state index contributed by atoms with van der Waals surface area (Å²) in [7, 11) is 0. The molecule has 0 saturated heterocycles. The van der Waals surface area contributed by atoms with E-state index in [0.717, 1.165) is 25.7 Å². The molecule has 260 valence electrons. The van der Waals surface area contributed by atoms with E-state index in [1.807, 2.05) is 0 Å². The normalized spacial score (nSPS) is 11.0. The maximum atomic E-state index is 10.8. The van der Waals surface area contributed by atoms with Crippen LogP contribution in [0.3, 0.4) is 0 Å². The summed E-state index contributed by atoms with van der Waals surface area (Å²) in [6.07, 6.45) is 32.5. The Balaban J connectivity index is 0. The van der Waals surface area contributed by atoms with Crippen LogP contribution in [-0.4, -0.2) is 44.3 Å². The second-order valence-electron chi connectivity index (χ2n) is 12.5. The number of carbonyl (C=O) groups is 4. The van der Waals surface area contributed by atoms with E-state index in [-0.39, 0.29) is 12.8 Å². The van der Waals surface area contributed by atoms with Gasteiger partial charge in [-0.15, -0.1) is 0 Å². The molecular weight excluding hydrogens is 560 g/mol. The van der Waals surface area contributed by atoms with Gasteiger partial charge in [0.1, 0.15) is 0 Å². The van der Waals surface area contributed by atoms with E-state index in [1.54, 1.807) is 0 Å². The summed E-state index contributed by atoms with van der Waals surface area (Å²) in [6, 6.07) is 0. The molecule has 0 aromatic carbocycles. The molecule has 0 bridgehead atoms. The highest BCUT2D eigenvalue weighted by atomic mass is 16.4.